The van der Waals surface area contributed by atoms with E-state index in [2.05, 4.69) is 119 Å². The number of hydrogen-bond donors (Lipinski definition) is 0. The van der Waals surface area contributed by atoms with Gasteiger partial charge in [0, 0.05) is 27.5 Å². The van der Waals surface area contributed by atoms with Crippen molar-refractivity contribution in [2.75, 3.05) is 0 Å². The molecule has 8 rings (SSSR count). The third-order valence-electron chi connectivity index (χ3n) is 8.81. The van der Waals surface area contributed by atoms with Gasteiger partial charge >= 0.3 is 106 Å². The minimum Gasteiger partial charge on any atom is -0.302 e. The van der Waals surface area contributed by atoms with Crippen LogP contribution < -0.4 is 4.40 Å². The van der Waals surface area contributed by atoms with Gasteiger partial charge in [-0.2, -0.15) is 11.3 Å². The summed E-state index contributed by atoms with van der Waals surface area (Å²) in [4.78, 5) is 8.95. The maximum Gasteiger partial charge on any atom is 0.142 e. The van der Waals surface area contributed by atoms with Crippen LogP contribution in [0.4, 0.5) is 4.39 Å². The SMILES string of the molecule is Cc1cc(-c2[c-]cccc2)nc[c]1[Ge]([CH3])([CH3])[CH3].[2H]C([2H])(c1cc(-c2[c-]ccc3c2sc2c4cc5ccccc5cc4ccc32)ncc1F)C(C)(C)C.[Ir]. The predicted octanol–water partition coefficient (Wildman–Crippen LogP) is 12.4. The van der Waals surface area contributed by atoms with E-state index in [9.17, 15) is 4.39 Å². The van der Waals surface area contributed by atoms with Crippen molar-refractivity contribution in [3.63, 3.8) is 0 Å². The maximum atomic E-state index is 14.8. The van der Waals surface area contributed by atoms with E-state index in [4.69, 9.17) is 2.74 Å². The number of pyridine rings is 2. The first kappa shape index (κ1) is 34.4. The van der Waals surface area contributed by atoms with Crippen LogP contribution in [0.15, 0.2) is 109 Å². The van der Waals surface area contributed by atoms with Crippen LogP contribution >= 0.6 is 11.3 Å². The van der Waals surface area contributed by atoms with Crippen molar-refractivity contribution in [3.05, 3.63) is 139 Å². The molecule has 0 spiro atoms. The average molecular weight is 928 g/mol. The van der Waals surface area contributed by atoms with Crippen molar-refractivity contribution in [2.24, 2.45) is 5.41 Å². The molecule has 0 saturated heterocycles. The zero-order valence-electron chi connectivity index (χ0n) is 31.9. The minimum absolute atomic E-state index is 0. The van der Waals surface area contributed by atoms with Crippen LogP contribution in [0.1, 0.15) is 34.6 Å². The van der Waals surface area contributed by atoms with E-state index in [-0.39, 0.29) is 25.7 Å². The molecule has 3 heterocycles. The van der Waals surface area contributed by atoms with Crippen LogP contribution in [-0.2, 0) is 26.5 Å². The first-order valence-electron chi connectivity index (χ1n) is 17.9. The number of nitrogens with zero attached hydrogens (tertiary/aromatic N) is 2. The molecule has 5 aromatic carbocycles. The molecule has 0 aliphatic heterocycles. The fourth-order valence-corrected chi connectivity index (χ4v) is 11.4. The third kappa shape index (κ3) is 7.88. The molecule has 51 heavy (non-hydrogen) atoms. The van der Waals surface area contributed by atoms with E-state index in [1.165, 1.54) is 36.2 Å². The van der Waals surface area contributed by atoms with Gasteiger partial charge in [0.2, 0.25) is 0 Å². The molecule has 0 atom stereocenters. The Morgan fingerprint density at radius 1 is 0.745 bits per heavy atom. The van der Waals surface area contributed by atoms with E-state index >= 15 is 0 Å². The standard InChI is InChI=1S/C30H23FNS.C15H18GeN.Ir/c1-30(2,3)16-21-15-27(32-17-26(21)31)24-10-6-9-22-23-12-11-20-13-18-7-4-5-8-19(18)14-25(20)29(23)33-28(22)24;1-12-10-15(13-8-6-5-7-9-13)17-11-14(12)16(2,3)4;/h4-9,11-15,17H,16H2,1-3H3;5-8,10-11H,1-4H3;/q2*-1;/i16D2;;. The monoisotopic (exact) mass is 929 g/mol. The van der Waals surface area contributed by atoms with Crippen LogP contribution in [0.5, 0.6) is 0 Å². The molecule has 1 radical (unpaired) electrons. The third-order valence-corrected chi connectivity index (χ3v) is 14.6. The number of hydrogen-bond acceptors (Lipinski definition) is 3. The number of aryl methyl sites for hydroxylation is 1. The Morgan fingerprint density at radius 2 is 1.45 bits per heavy atom. The first-order valence-corrected chi connectivity index (χ1v) is 25.1. The van der Waals surface area contributed by atoms with Crippen molar-refractivity contribution in [1.29, 1.82) is 0 Å². The summed E-state index contributed by atoms with van der Waals surface area (Å²) in [5.41, 5.74) is 4.02. The Labute approximate surface area is 323 Å². The van der Waals surface area contributed by atoms with Crippen LogP contribution in [0.2, 0.25) is 17.3 Å². The fraction of sp³-hybridized carbons (Fsp3) is 0.200. The molecule has 0 amide bonds. The average Bonchev–Trinajstić information content (AvgIpc) is 3.50. The van der Waals surface area contributed by atoms with Gasteiger partial charge in [-0.25, -0.2) is 4.39 Å². The molecular formula is C45H41FGeIrN2S-2. The number of benzene rings is 5. The second kappa shape index (κ2) is 14.7. The summed E-state index contributed by atoms with van der Waals surface area (Å²) in [6.07, 6.45) is 1.35. The van der Waals surface area contributed by atoms with Gasteiger partial charge in [0.25, 0.3) is 0 Å². The number of aromatic nitrogens is 2. The van der Waals surface area contributed by atoms with Crippen molar-refractivity contribution in [3.8, 4) is 22.5 Å². The molecule has 0 bridgehead atoms. The molecule has 0 N–H and O–H groups in total. The van der Waals surface area contributed by atoms with Crippen molar-refractivity contribution < 1.29 is 27.2 Å². The Balaban J connectivity index is 0.000000226. The predicted molar refractivity (Wildman–Crippen MR) is 216 cm³/mol. The number of halogens is 1. The summed E-state index contributed by atoms with van der Waals surface area (Å²) in [7, 11) is 0. The second-order valence-electron chi connectivity index (χ2n) is 14.9. The molecule has 0 aliphatic carbocycles. The maximum absolute atomic E-state index is 14.8. The normalized spacial score (nSPS) is 12.7. The van der Waals surface area contributed by atoms with Crippen molar-refractivity contribution in [2.45, 2.75) is 51.3 Å². The van der Waals surface area contributed by atoms with Crippen LogP contribution in [0, 0.1) is 30.3 Å². The summed E-state index contributed by atoms with van der Waals surface area (Å²) < 4.78 is 35.7. The molecule has 0 aliphatic rings. The van der Waals surface area contributed by atoms with Gasteiger partial charge in [0.05, 0.1) is 6.20 Å². The van der Waals surface area contributed by atoms with Gasteiger partial charge in [0.15, 0.2) is 0 Å². The van der Waals surface area contributed by atoms with E-state index in [0.29, 0.717) is 5.69 Å². The smallest absolute Gasteiger partial charge is 0.142 e. The minimum atomic E-state index is -1.86. The van der Waals surface area contributed by atoms with E-state index in [0.717, 1.165) is 38.5 Å². The van der Waals surface area contributed by atoms with Gasteiger partial charge < -0.3 is 4.98 Å². The van der Waals surface area contributed by atoms with Crippen molar-refractivity contribution >= 4 is 70.7 Å². The molecule has 2 nitrogen and oxygen atoms in total. The van der Waals surface area contributed by atoms with Gasteiger partial charge in [0.1, 0.15) is 5.82 Å². The van der Waals surface area contributed by atoms with E-state index in [1.54, 1.807) is 38.2 Å². The molecule has 259 valence electrons. The Hall–Kier alpha value is -3.74. The van der Waals surface area contributed by atoms with Crippen LogP contribution in [0.3, 0.4) is 0 Å². The summed E-state index contributed by atoms with van der Waals surface area (Å²) in [6, 6.07) is 39.4. The Morgan fingerprint density at radius 3 is 2.14 bits per heavy atom. The van der Waals surface area contributed by atoms with E-state index < -0.39 is 30.9 Å². The Bertz CT molecular complexity index is 2610. The molecule has 0 fully saturated rings. The zero-order valence-corrected chi connectivity index (χ0v) is 35.2. The summed E-state index contributed by atoms with van der Waals surface area (Å²) in [5, 5.41) is 7.06. The molecule has 3 aromatic heterocycles. The molecular weight excluding hydrogens is 884 g/mol. The summed E-state index contributed by atoms with van der Waals surface area (Å²) in [6.45, 7) is 7.53. The first-order chi connectivity index (χ1) is 24.6. The quantitative estimate of drug-likeness (QED) is 0.0998. The topological polar surface area (TPSA) is 25.8 Å². The van der Waals surface area contributed by atoms with Gasteiger partial charge in [-0.3, -0.25) is 0 Å². The van der Waals surface area contributed by atoms with Crippen molar-refractivity contribution in [1.82, 2.24) is 9.97 Å². The Kier molecular flexibility index (Phi) is 9.91. The van der Waals surface area contributed by atoms with Crippen LogP contribution in [0.25, 0.3) is 64.2 Å². The summed E-state index contributed by atoms with van der Waals surface area (Å²) >= 11 is -0.0871. The van der Waals surface area contributed by atoms with E-state index in [1.807, 2.05) is 24.3 Å². The molecule has 0 unspecified atom stereocenters. The van der Waals surface area contributed by atoms with Gasteiger partial charge in [-0.05, 0) is 66.8 Å². The fourth-order valence-electron chi connectivity index (χ4n) is 6.52. The molecule has 6 heteroatoms. The largest absolute Gasteiger partial charge is 0.302 e. The zero-order chi connectivity index (χ0) is 37.0. The number of fused-ring (bicyclic) bond motifs is 6. The van der Waals surface area contributed by atoms with Gasteiger partial charge in [-0.15, -0.1) is 23.8 Å². The molecule has 0 saturated carbocycles. The summed E-state index contributed by atoms with van der Waals surface area (Å²) in [5.74, 6) is 6.57. The van der Waals surface area contributed by atoms with Gasteiger partial charge in [-0.1, -0.05) is 68.6 Å². The second-order valence-corrected chi connectivity index (χ2v) is 26.5. The number of thiophene rings is 1. The molecule has 8 aromatic rings. The van der Waals surface area contributed by atoms with Crippen LogP contribution in [-0.4, -0.2) is 23.2 Å². The number of rotatable bonds is 4.